The first-order valence-electron chi connectivity index (χ1n) is 11.7. The van der Waals surface area contributed by atoms with Gasteiger partial charge in [0.1, 0.15) is 11.9 Å². The maximum Gasteiger partial charge on any atom is 0.244 e. The number of carbonyl (C=O) groups is 1. The number of carbonyl (C=O) groups excluding carboxylic acids is 1. The third kappa shape index (κ3) is 4.18. The minimum absolute atomic E-state index is 0.144. The Balaban J connectivity index is 1.30. The summed E-state index contributed by atoms with van der Waals surface area (Å²) in [5.74, 6) is 0.793. The van der Waals surface area contributed by atoms with E-state index in [1.165, 1.54) is 0 Å². The van der Waals surface area contributed by atoms with Gasteiger partial charge in [0.05, 0.1) is 66.8 Å². The highest BCUT2D eigenvalue weighted by Crippen LogP contribution is 2.34. The van der Waals surface area contributed by atoms with Crippen molar-refractivity contribution < 1.29 is 14.3 Å². The number of nitrogens with one attached hydrogen (secondary N) is 2. The molecule has 1 saturated heterocycles. The molecule has 182 valence electrons. The number of amides is 1. The largest absolute Gasteiger partial charge is 0.373 e. The molecule has 2 aliphatic rings. The lowest BCUT2D eigenvalue weighted by Crippen LogP contribution is -2.57. The number of imidazole rings is 1. The Morgan fingerprint density at radius 3 is 3.09 bits per heavy atom. The summed E-state index contributed by atoms with van der Waals surface area (Å²) in [7, 11) is 0. The molecule has 0 spiro atoms. The van der Waals surface area contributed by atoms with Gasteiger partial charge in [0.15, 0.2) is 0 Å². The highest BCUT2D eigenvalue weighted by Gasteiger charge is 2.38. The third-order valence-electron chi connectivity index (χ3n) is 6.77. The van der Waals surface area contributed by atoms with Crippen molar-refractivity contribution in [2.75, 3.05) is 25.1 Å². The van der Waals surface area contributed by atoms with Gasteiger partial charge in [-0.15, -0.1) is 0 Å². The van der Waals surface area contributed by atoms with Crippen LogP contribution in [-0.2, 0) is 34.0 Å². The molecule has 35 heavy (non-hydrogen) atoms. The summed E-state index contributed by atoms with van der Waals surface area (Å²) < 4.78 is 13.8. The zero-order valence-electron chi connectivity index (χ0n) is 19.7. The van der Waals surface area contributed by atoms with Crippen molar-refractivity contribution in [1.29, 1.82) is 0 Å². The van der Waals surface area contributed by atoms with E-state index in [1.54, 1.807) is 18.5 Å². The van der Waals surface area contributed by atoms with Crippen LogP contribution in [0.4, 0.5) is 5.69 Å². The van der Waals surface area contributed by atoms with E-state index in [1.807, 2.05) is 32.2 Å². The van der Waals surface area contributed by atoms with Crippen molar-refractivity contribution >= 4 is 45.0 Å². The number of benzene rings is 1. The molecule has 0 saturated carbocycles. The Labute approximate surface area is 207 Å². The van der Waals surface area contributed by atoms with Crippen molar-refractivity contribution in [2.24, 2.45) is 0 Å². The summed E-state index contributed by atoms with van der Waals surface area (Å²) >= 11 is 6.44. The zero-order chi connectivity index (χ0) is 24.2. The number of rotatable bonds is 4. The van der Waals surface area contributed by atoms with Crippen LogP contribution >= 0.6 is 11.6 Å². The zero-order valence-corrected chi connectivity index (χ0v) is 20.4. The quantitative estimate of drug-likeness (QED) is 0.449. The fourth-order valence-corrected chi connectivity index (χ4v) is 5.30. The van der Waals surface area contributed by atoms with Crippen LogP contribution in [0, 0.1) is 0 Å². The molecule has 6 rings (SSSR count). The normalized spacial score (nSPS) is 20.3. The summed E-state index contributed by atoms with van der Waals surface area (Å²) in [5, 5.41) is 5.61. The summed E-state index contributed by atoms with van der Waals surface area (Å²) in [6.07, 6.45) is 5.38. The molecule has 0 aliphatic carbocycles. The number of ether oxygens (including phenoxy) is 2. The van der Waals surface area contributed by atoms with Crippen LogP contribution in [0.2, 0.25) is 5.02 Å². The molecule has 2 aliphatic heterocycles. The molecule has 1 fully saturated rings. The molecule has 1 atom stereocenters. The van der Waals surface area contributed by atoms with Gasteiger partial charge >= 0.3 is 0 Å². The number of aromatic nitrogens is 4. The Morgan fingerprint density at radius 1 is 1.31 bits per heavy atom. The smallest absolute Gasteiger partial charge is 0.244 e. The highest BCUT2D eigenvalue weighted by molar-refractivity contribution is 6.33. The minimum atomic E-state index is -0.476. The van der Waals surface area contributed by atoms with Gasteiger partial charge in [-0.05, 0) is 32.0 Å². The standard InChI is InChI=1S/C25H27ClN6O3/c1-25(2)14-31(11-22-28-9-16-12-34-6-5-32(16)22)21(13-35-25)24(33)30-19-8-15(26)7-18-17-3-4-27-10-20(17)29-23(18)19/h3-4,7-10,21,29H,5-6,11-14H2,1-2H3,(H,30,33)/t21-/m0/s1. The number of halogens is 1. The SMILES string of the molecule is CC1(C)CN(Cc2ncc3n2CCOC3)[C@H](C(=O)Nc2cc(Cl)cc3c2[nH]c2cnccc23)CO1. The van der Waals surface area contributed by atoms with Crippen LogP contribution in [0.15, 0.2) is 36.8 Å². The van der Waals surface area contributed by atoms with Gasteiger partial charge in [-0.2, -0.15) is 0 Å². The van der Waals surface area contributed by atoms with Crippen LogP contribution in [0.1, 0.15) is 25.4 Å². The number of aromatic amines is 1. The monoisotopic (exact) mass is 494 g/mol. The van der Waals surface area contributed by atoms with Crippen LogP contribution in [0.25, 0.3) is 21.8 Å². The van der Waals surface area contributed by atoms with Crippen LogP contribution in [0.5, 0.6) is 0 Å². The van der Waals surface area contributed by atoms with Gasteiger partial charge in [0.25, 0.3) is 0 Å². The van der Waals surface area contributed by atoms with Crippen molar-refractivity contribution in [3.8, 4) is 0 Å². The van der Waals surface area contributed by atoms with Gasteiger partial charge in [-0.1, -0.05) is 11.6 Å². The third-order valence-corrected chi connectivity index (χ3v) is 6.98. The van der Waals surface area contributed by atoms with Crippen LogP contribution < -0.4 is 5.32 Å². The molecule has 1 amide bonds. The number of hydrogen-bond donors (Lipinski definition) is 2. The lowest BCUT2D eigenvalue weighted by molar-refractivity contribution is -0.144. The number of H-pyrrole nitrogens is 1. The van der Waals surface area contributed by atoms with E-state index in [2.05, 4.69) is 29.7 Å². The molecule has 9 nitrogen and oxygen atoms in total. The lowest BCUT2D eigenvalue weighted by Gasteiger charge is -2.42. The van der Waals surface area contributed by atoms with E-state index in [0.29, 0.717) is 37.0 Å². The van der Waals surface area contributed by atoms with Crippen molar-refractivity contribution in [1.82, 2.24) is 24.4 Å². The van der Waals surface area contributed by atoms with E-state index in [0.717, 1.165) is 39.9 Å². The predicted molar refractivity (Wildman–Crippen MR) is 133 cm³/mol. The number of fused-ring (bicyclic) bond motifs is 4. The van der Waals surface area contributed by atoms with Gasteiger partial charge in [0, 0.05) is 35.1 Å². The second kappa shape index (κ2) is 8.60. The molecular formula is C25H27ClN6O3. The summed E-state index contributed by atoms with van der Waals surface area (Å²) in [6, 6.07) is 5.13. The van der Waals surface area contributed by atoms with Gasteiger partial charge < -0.3 is 24.3 Å². The first-order chi connectivity index (χ1) is 16.9. The predicted octanol–water partition coefficient (Wildman–Crippen LogP) is 3.71. The van der Waals surface area contributed by atoms with E-state index in [4.69, 9.17) is 21.1 Å². The Hall–Kier alpha value is -2.98. The van der Waals surface area contributed by atoms with Gasteiger partial charge in [0.2, 0.25) is 5.91 Å². The molecule has 10 heteroatoms. The van der Waals surface area contributed by atoms with E-state index < -0.39 is 6.04 Å². The number of pyridine rings is 1. The minimum Gasteiger partial charge on any atom is -0.373 e. The Morgan fingerprint density at radius 2 is 2.20 bits per heavy atom. The van der Waals surface area contributed by atoms with Gasteiger partial charge in [-0.3, -0.25) is 14.7 Å². The van der Waals surface area contributed by atoms with Crippen LogP contribution in [0.3, 0.4) is 0 Å². The second-order valence-electron chi connectivity index (χ2n) is 9.77. The summed E-state index contributed by atoms with van der Waals surface area (Å²) in [4.78, 5) is 28.0. The fourth-order valence-electron chi connectivity index (χ4n) is 5.08. The first-order valence-corrected chi connectivity index (χ1v) is 12.1. The molecule has 5 heterocycles. The average Bonchev–Trinajstić information content (AvgIpc) is 3.40. The molecule has 2 N–H and O–H groups in total. The lowest BCUT2D eigenvalue weighted by atomic mass is 10.0. The number of anilines is 1. The maximum absolute atomic E-state index is 13.6. The molecule has 0 unspecified atom stereocenters. The van der Waals surface area contributed by atoms with Gasteiger partial charge in [-0.25, -0.2) is 4.98 Å². The number of hydrogen-bond acceptors (Lipinski definition) is 6. The van der Waals surface area contributed by atoms with Crippen molar-refractivity contribution in [2.45, 2.75) is 45.2 Å². The Bertz CT molecular complexity index is 1430. The molecule has 3 aromatic heterocycles. The molecular weight excluding hydrogens is 468 g/mol. The molecule has 0 radical (unpaired) electrons. The van der Waals surface area contributed by atoms with E-state index in [-0.39, 0.29) is 18.1 Å². The average molecular weight is 495 g/mol. The van der Waals surface area contributed by atoms with Crippen molar-refractivity contribution in [3.05, 3.63) is 53.3 Å². The molecule has 1 aromatic carbocycles. The number of nitrogens with zero attached hydrogens (tertiary/aromatic N) is 4. The van der Waals surface area contributed by atoms with Crippen LogP contribution in [-0.4, -0.2) is 61.7 Å². The highest BCUT2D eigenvalue weighted by atomic mass is 35.5. The topological polar surface area (TPSA) is 97.3 Å². The summed E-state index contributed by atoms with van der Waals surface area (Å²) in [5.41, 5.74) is 3.03. The second-order valence-corrected chi connectivity index (χ2v) is 10.2. The first kappa shape index (κ1) is 22.5. The molecule has 4 aromatic rings. The van der Waals surface area contributed by atoms with Crippen molar-refractivity contribution in [3.63, 3.8) is 0 Å². The Kier molecular flexibility index (Phi) is 5.52. The maximum atomic E-state index is 13.6. The number of morpholine rings is 1. The van der Waals surface area contributed by atoms with E-state index in [9.17, 15) is 4.79 Å². The fraction of sp³-hybridized carbons (Fsp3) is 0.400. The van der Waals surface area contributed by atoms with E-state index >= 15 is 0 Å². The summed E-state index contributed by atoms with van der Waals surface area (Å²) in [6.45, 7) is 7.53. The molecule has 0 bridgehead atoms.